The molecule has 1 aromatic rings. The van der Waals surface area contributed by atoms with E-state index < -0.39 is 0 Å². The second kappa shape index (κ2) is 7.29. The van der Waals surface area contributed by atoms with Crippen LogP contribution < -0.4 is 4.74 Å². The zero-order valence-corrected chi connectivity index (χ0v) is 12.3. The largest absolute Gasteiger partial charge is 0.496 e. The van der Waals surface area contributed by atoms with Crippen molar-refractivity contribution in [3.8, 4) is 5.75 Å². The Labute approximate surface area is 120 Å². The summed E-state index contributed by atoms with van der Waals surface area (Å²) < 4.78 is 10.5. The molecular weight excluding hydrogens is 254 g/mol. The average molecular weight is 277 g/mol. The average Bonchev–Trinajstić information content (AvgIpc) is 2.48. The third-order valence-electron chi connectivity index (χ3n) is 3.71. The van der Waals surface area contributed by atoms with Crippen LogP contribution in [0.1, 0.15) is 25.3 Å². The summed E-state index contributed by atoms with van der Waals surface area (Å²) in [5.74, 6) is 0.862. The van der Waals surface area contributed by atoms with Gasteiger partial charge in [0.05, 0.1) is 19.6 Å². The highest BCUT2D eigenvalue weighted by Gasteiger charge is 2.27. The Bertz CT molecular complexity index is 447. The molecule has 0 bridgehead atoms. The van der Waals surface area contributed by atoms with Gasteiger partial charge in [0, 0.05) is 18.7 Å². The van der Waals surface area contributed by atoms with Gasteiger partial charge >= 0.3 is 5.97 Å². The van der Waals surface area contributed by atoms with Crippen molar-refractivity contribution < 1.29 is 14.3 Å². The molecular formula is C16H23NO3. The van der Waals surface area contributed by atoms with Gasteiger partial charge in [-0.1, -0.05) is 18.2 Å². The van der Waals surface area contributed by atoms with E-state index in [9.17, 15) is 4.79 Å². The number of benzene rings is 1. The lowest BCUT2D eigenvalue weighted by molar-refractivity contribution is -0.150. The van der Waals surface area contributed by atoms with Gasteiger partial charge in [-0.2, -0.15) is 0 Å². The summed E-state index contributed by atoms with van der Waals surface area (Å²) >= 11 is 0. The summed E-state index contributed by atoms with van der Waals surface area (Å²) in [5.41, 5.74) is 1.17. The first kappa shape index (κ1) is 14.9. The predicted molar refractivity (Wildman–Crippen MR) is 77.6 cm³/mol. The summed E-state index contributed by atoms with van der Waals surface area (Å²) in [6.45, 7) is 4.93. The molecule has 1 aromatic carbocycles. The van der Waals surface area contributed by atoms with Crippen molar-refractivity contribution in [1.82, 2.24) is 4.90 Å². The quantitative estimate of drug-likeness (QED) is 0.775. The van der Waals surface area contributed by atoms with Gasteiger partial charge in [-0.3, -0.25) is 9.69 Å². The normalized spacial score (nSPS) is 19.6. The molecule has 0 aliphatic carbocycles. The van der Waals surface area contributed by atoms with Crippen LogP contribution in [0.5, 0.6) is 5.75 Å². The van der Waals surface area contributed by atoms with E-state index >= 15 is 0 Å². The van der Waals surface area contributed by atoms with Gasteiger partial charge in [0.15, 0.2) is 0 Å². The third kappa shape index (κ3) is 3.73. The highest BCUT2D eigenvalue weighted by Crippen LogP contribution is 2.23. The molecule has 4 nitrogen and oxygen atoms in total. The van der Waals surface area contributed by atoms with Crippen molar-refractivity contribution in [2.45, 2.75) is 26.3 Å². The zero-order chi connectivity index (χ0) is 14.4. The van der Waals surface area contributed by atoms with E-state index in [0.717, 1.165) is 38.2 Å². The first-order chi connectivity index (χ1) is 9.74. The Kier molecular flexibility index (Phi) is 5.41. The maximum atomic E-state index is 11.8. The number of likely N-dealkylation sites (tertiary alicyclic amines) is 1. The fourth-order valence-electron chi connectivity index (χ4n) is 2.73. The molecule has 110 valence electrons. The van der Waals surface area contributed by atoms with Gasteiger partial charge in [0.25, 0.3) is 0 Å². The summed E-state index contributed by atoms with van der Waals surface area (Å²) in [6.07, 6.45) is 1.97. The lowest BCUT2D eigenvalue weighted by Gasteiger charge is -2.31. The van der Waals surface area contributed by atoms with Crippen LogP contribution in [0.4, 0.5) is 0 Å². The van der Waals surface area contributed by atoms with Crippen LogP contribution >= 0.6 is 0 Å². The number of carbonyl (C=O) groups excluding carboxylic acids is 1. The monoisotopic (exact) mass is 277 g/mol. The van der Waals surface area contributed by atoms with Crippen LogP contribution in [-0.4, -0.2) is 37.7 Å². The number of rotatable bonds is 5. The number of ether oxygens (including phenoxy) is 2. The van der Waals surface area contributed by atoms with Crippen LogP contribution in [0.2, 0.25) is 0 Å². The molecule has 0 saturated carbocycles. The maximum Gasteiger partial charge on any atom is 0.310 e. The molecule has 1 aliphatic rings. The highest BCUT2D eigenvalue weighted by atomic mass is 16.5. The number of esters is 1. The van der Waals surface area contributed by atoms with E-state index in [0.29, 0.717) is 6.61 Å². The number of piperidine rings is 1. The predicted octanol–water partition coefficient (Wildman–Crippen LogP) is 2.47. The SMILES string of the molecule is CCOC(=O)C1CCCN(Cc2ccccc2OC)C1. The Hall–Kier alpha value is -1.55. The van der Waals surface area contributed by atoms with Crippen molar-refractivity contribution in [2.75, 3.05) is 26.8 Å². The molecule has 0 spiro atoms. The molecule has 0 aromatic heterocycles. The number of methoxy groups -OCH3 is 1. The molecule has 0 radical (unpaired) electrons. The molecule has 1 unspecified atom stereocenters. The third-order valence-corrected chi connectivity index (χ3v) is 3.71. The Morgan fingerprint density at radius 1 is 1.40 bits per heavy atom. The summed E-state index contributed by atoms with van der Waals surface area (Å²) in [7, 11) is 1.69. The van der Waals surface area contributed by atoms with Gasteiger partial charge in [-0.25, -0.2) is 0 Å². The van der Waals surface area contributed by atoms with Crippen molar-refractivity contribution in [3.05, 3.63) is 29.8 Å². The minimum absolute atomic E-state index is 0.0124. The minimum Gasteiger partial charge on any atom is -0.496 e. The van der Waals surface area contributed by atoms with E-state index in [1.807, 2.05) is 25.1 Å². The van der Waals surface area contributed by atoms with E-state index in [4.69, 9.17) is 9.47 Å². The Morgan fingerprint density at radius 2 is 2.20 bits per heavy atom. The highest BCUT2D eigenvalue weighted by molar-refractivity contribution is 5.72. The van der Waals surface area contributed by atoms with Crippen LogP contribution in [0.3, 0.4) is 0 Å². The van der Waals surface area contributed by atoms with Crippen molar-refractivity contribution in [2.24, 2.45) is 5.92 Å². The smallest absolute Gasteiger partial charge is 0.310 e. The molecule has 1 atom stereocenters. The second-order valence-electron chi connectivity index (χ2n) is 5.14. The van der Waals surface area contributed by atoms with Crippen LogP contribution in [0, 0.1) is 5.92 Å². The molecule has 20 heavy (non-hydrogen) atoms. The number of nitrogens with zero attached hydrogens (tertiary/aromatic N) is 1. The summed E-state index contributed by atoms with van der Waals surface area (Å²) in [5, 5.41) is 0. The van der Waals surface area contributed by atoms with Gasteiger partial charge in [-0.05, 0) is 32.4 Å². The van der Waals surface area contributed by atoms with Gasteiger partial charge in [0.2, 0.25) is 0 Å². The summed E-state index contributed by atoms with van der Waals surface area (Å²) in [4.78, 5) is 14.2. The molecule has 1 aliphatic heterocycles. The maximum absolute atomic E-state index is 11.8. The van der Waals surface area contributed by atoms with E-state index in [-0.39, 0.29) is 11.9 Å². The minimum atomic E-state index is -0.0581. The van der Waals surface area contributed by atoms with Gasteiger partial charge in [-0.15, -0.1) is 0 Å². The fourth-order valence-corrected chi connectivity index (χ4v) is 2.73. The van der Waals surface area contributed by atoms with Gasteiger partial charge < -0.3 is 9.47 Å². The number of hydrogen-bond donors (Lipinski definition) is 0. The number of para-hydroxylation sites is 1. The van der Waals surface area contributed by atoms with Crippen LogP contribution in [0.25, 0.3) is 0 Å². The summed E-state index contributed by atoms with van der Waals surface area (Å²) in [6, 6.07) is 8.04. The van der Waals surface area contributed by atoms with E-state index in [1.54, 1.807) is 7.11 Å². The number of carbonyl (C=O) groups is 1. The lowest BCUT2D eigenvalue weighted by atomic mass is 9.97. The zero-order valence-electron chi connectivity index (χ0n) is 12.3. The standard InChI is InChI=1S/C16H23NO3/c1-3-20-16(18)14-8-6-10-17(12-14)11-13-7-4-5-9-15(13)19-2/h4-5,7,9,14H,3,6,8,10-12H2,1-2H3. The molecule has 2 rings (SSSR count). The first-order valence-electron chi connectivity index (χ1n) is 7.25. The molecule has 4 heteroatoms. The molecule has 1 fully saturated rings. The second-order valence-corrected chi connectivity index (χ2v) is 5.14. The van der Waals surface area contributed by atoms with Crippen molar-refractivity contribution in [3.63, 3.8) is 0 Å². The van der Waals surface area contributed by atoms with E-state index in [2.05, 4.69) is 11.0 Å². The Balaban J connectivity index is 1.97. The molecule has 0 N–H and O–H groups in total. The van der Waals surface area contributed by atoms with Crippen molar-refractivity contribution >= 4 is 5.97 Å². The van der Waals surface area contributed by atoms with Crippen molar-refractivity contribution in [1.29, 1.82) is 0 Å². The molecule has 0 amide bonds. The topological polar surface area (TPSA) is 38.8 Å². The molecule has 1 heterocycles. The fraction of sp³-hybridized carbons (Fsp3) is 0.562. The molecule has 1 saturated heterocycles. The van der Waals surface area contributed by atoms with Crippen LogP contribution in [0.15, 0.2) is 24.3 Å². The van der Waals surface area contributed by atoms with Crippen LogP contribution in [-0.2, 0) is 16.1 Å². The Morgan fingerprint density at radius 3 is 2.95 bits per heavy atom. The number of hydrogen-bond acceptors (Lipinski definition) is 4. The first-order valence-corrected chi connectivity index (χ1v) is 7.25. The van der Waals surface area contributed by atoms with Gasteiger partial charge in [0.1, 0.15) is 5.75 Å². The van der Waals surface area contributed by atoms with E-state index in [1.165, 1.54) is 5.56 Å². The lowest BCUT2D eigenvalue weighted by Crippen LogP contribution is -2.39.